The van der Waals surface area contributed by atoms with Gasteiger partial charge in [0.1, 0.15) is 12.7 Å². The van der Waals surface area contributed by atoms with Crippen LogP contribution in [-0.2, 0) is 11.3 Å². The minimum atomic E-state index is -0.479. The number of hydrogen-bond donors (Lipinski definition) is 2. The molecule has 8 nitrogen and oxygen atoms in total. The molecule has 2 N–H and O–H groups in total. The lowest BCUT2D eigenvalue weighted by Crippen LogP contribution is -2.32. The highest BCUT2D eigenvalue weighted by molar-refractivity contribution is 5.90. The third kappa shape index (κ3) is 3.10. The maximum absolute atomic E-state index is 12.3. The molecule has 0 aliphatic heterocycles. The van der Waals surface area contributed by atoms with Gasteiger partial charge < -0.3 is 5.32 Å². The summed E-state index contributed by atoms with van der Waals surface area (Å²) >= 11 is 0. The number of nitrogens with one attached hydrogen (secondary N) is 2. The molecule has 0 aliphatic carbocycles. The maximum atomic E-state index is 12.3. The van der Waals surface area contributed by atoms with Crippen molar-refractivity contribution in [2.24, 2.45) is 0 Å². The molecular weight excluding hydrogens is 296 g/mol. The van der Waals surface area contributed by atoms with Crippen LogP contribution in [0.15, 0.2) is 41.7 Å². The van der Waals surface area contributed by atoms with Crippen molar-refractivity contribution in [3.8, 4) is 0 Å². The number of rotatable bonds is 5. The Hall–Kier alpha value is -3.03. The van der Waals surface area contributed by atoms with Gasteiger partial charge in [-0.1, -0.05) is 18.2 Å². The minimum Gasteiger partial charge on any atom is -0.354 e. The van der Waals surface area contributed by atoms with Crippen molar-refractivity contribution >= 4 is 16.7 Å². The van der Waals surface area contributed by atoms with Crippen LogP contribution in [0.3, 0.4) is 0 Å². The number of aromatic nitrogens is 5. The highest BCUT2D eigenvalue weighted by Gasteiger charge is 2.19. The van der Waals surface area contributed by atoms with E-state index in [1.54, 1.807) is 36.1 Å². The van der Waals surface area contributed by atoms with E-state index in [0.717, 1.165) is 0 Å². The van der Waals surface area contributed by atoms with Crippen LogP contribution < -0.4 is 10.9 Å². The van der Waals surface area contributed by atoms with Crippen LogP contribution in [0.1, 0.15) is 18.5 Å². The second-order valence-corrected chi connectivity index (χ2v) is 5.15. The Balaban J connectivity index is 1.75. The number of benzene rings is 1. The zero-order valence-corrected chi connectivity index (χ0v) is 12.6. The van der Waals surface area contributed by atoms with Crippen LogP contribution in [0, 0.1) is 0 Å². The number of fused-ring (bicyclic) bond motifs is 1. The molecule has 0 radical (unpaired) electrons. The molecule has 0 saturated heterocycles. The van der Waals surface area contributed by atoms with Crippen molar-refractivity contribution in [2.75, 3.05) is 6.54 Å². The Kier molecular flexibility index (Phi) is 4.13. The van der Waals surface area contributed by atoms with Crippen molar-refractivity contribution in [3.05, 3.63) is 53.0 Å². The van der Waals surface area contributed by atoms with Crippen molar-refractivity contribution in [1.29, 1.82) is 0 Å². The fraction of sp³-hybridized carbons (Fsp3) is 0.267. The lowest BCUT2D eigenvalue weighted by molar-refractivity contribution is -0.122. The standard InChI is InChI=1S/C15H16N6O2/c1-10(14(22)17-6-7-21-9-16-8-18-21)13-11-4-2-3-5-12(11)15(23)20-19-13/h2-5,8-10H,6-7H2,1H3,(H,17,22)(H,20,23)/t10-/m1/s1. The number of carbonyl (C=O) groups excluding carboxylic acids is 1. The van der Waals surface area contributed by atoms with Gasteiger partial charge in [-0.2, -0.15) is 10.2 Å². The van der Waals surface area contributed by atoms with Gasteiger partial charge in [-0.25, -0.2) is 10.1 Å². The van der Waals surface area contributed by atoms with Gasteiger partial charge in [-0.05, 0) is 13.0 Å². The lowest BCUT2D eigenvalue weighted by Gasteiger charge is -2.13. The third-order valence-electron chi connectivity index (χ3n) is 3.64. The Bertz CT molecular complexity index is 871. The minimum absolute atomic E-state index is 0.158. The van der Waals surface area contributed by atoms with E-state index in [1.807, 2.05) is 6.07 Å². The van der Waals surface area contributed by atoms with Crippen LogP contribution in [0.25, 0.3) is 10.8 Å². The lowest BCUT2D eigenvalue weighted by atomic mass is 10.0. The molecule has 0 aliphatic rings. The van der Waals surface area contributed by atoms with Crippen LogP contribution in [0.4, 0.5) is 0 Å². The van der Waals surface area contributed by atoms with E-state index in [2.05, 4.69) is 25.6 Å². The summed E-state index contributed by atoms with van der Waals surface area (Å²) in [5.41, 5.74) is 0.293. The summed E-state index contributed by atoms with van der Waals surface area (Å²) in [6.45, 7) is 2.74. The quantitative estimate of drug-likeness (QED) is 0.711. The monoisotopic (exact) mass is 312 g/mol. The van der Waals surface area contributed by atoms with Gasteiger partial charge in [0.15, 0.2) is 0 Å². The first-order valence-corrected chi connectivity index (χ1v) is 7.24. The van der Waals surface area contributed by atoms with Gasteiger partial charge in [-0.3, -0.25) is 14.3 Å². The van der Waals surface area contributed by atoms with Crippen LogP contribution in [0.2, 0.25) is 0 Å². The van der Waals surface area contributed by atoms with Gasteiger partial charge in [0.05, 0.1) is 23.5 Å². The van der Waals surface area contributed by atoms with E-state index in [0.29, 0.717) is 29.6 Å². The Morgan fingerprint density at radius 2 is 2.13 bits per heavy atom. The number of nitrogens with zero attached hydrogens (tertiary/aromatic N) is 4. The summed E-state index contributed by atoms with van der Waals surface area (Å²) in [5.74, 6) is -0.637. The summed E-state index contributed by atoms with van der Waals surface area (Å²) in [7, 11) is 0. The molecule has 3 aromatic rings. The fourth-order valence-electron chi connectivity index (χ4n) is 2.39. The maximum Gasteiger partial charge on any atom is 0.272 e. The van der Waals surface area contributed by atoms with Crippen molar-refractivity contribution in [1.82, 2.24) is 30.3 Å². The van der Waals surface area contributed by atoms with Crippen LogP contribution in [-0.4, -0.2) is 37.4 Å². The highest BCUT2D eigenvalue weighted by Crippen LogP contribution is 2.20. The molecule has 3 rings (SSSR count). The van der Waals surface area contributed by atoms with Crippen molar-refractivity contribution < 1.29 is 4.79 Å². The SMILES string of the molecule is C[C@@H](C(=O)NCCn1cncn1)c1n[nH]c(=O)c2ccccc12. The molecule has 8 heteroatoms. The second kappa shape index (κ2) is 6.39. The molecule has 1 atom stereocenters. The molecule has 1 amide bonds. The smallest absolute Gasteiger partial charge is 0.272 e. The molecule has 0 fully saturated rings. The number of aromatic amines is 1. The zero-order chi connectivity index (χ0) is 16.2. The predicted molar refractivity (Wildman–Crippen MR) is 83.8 cm³/mol. The highest BCUT2D eigenvalue weighted by atomic mass is 16.2. The Labute approximate surface area is 131 Å². The molecule has 118 valence electrons. The largest absolute Gasteiger partial charge is 0.354 e. The number of hydrogen-bond acceptors (Lipinski definition) is 5. The average molecular weight is 312 g/mol. The van der Waals surface area contributed by atoms with Crippen LogP contribution in [0.5, 0.6) is 0 Å². The van der Waals surface area contributed by atoms with E-state index in [-0.39, 0.29) is 11.5 Å². The first-order chi connectivity index (χ1) is 11.2. The topological polar surface area (TPSA) is 106 Å². The summed E-state index contributed by atoms with van der Waals surface area (Å²) in [6, 6.07) is 7.12. The molecule has 0 bridgehead atoms. The van der Waals surface area contributed by atoms with E-state index in [4.69, 9.17) is 0 Å². The predicted octanol–water partition coefficient (Wildman–Crippen LogP) is 0.434. The Morgan fingerprint density at radius 1 is 1.35 bits per heavy atom. The van der Waals surface area contributed by atoms with Crippen LogP contribution >= 0.6 is 0 Å². The molecular formula is C15H16N6O2. The van der Waals surface area contributed by atoms with E-state index in [1.165, 1.54) is 6.33 Å². The number of amides is 1. The van der Waals surface area contributed by atoms with E-state index < -0.39 is 5.92 Å². The summed E-state index contributed by atoms with van der Waals surface area (Å²) < 4.78 is 1.64. The van der Waals surface area contributed by atoms with Crippen molar-refractivity contribution in [2.45, 2.75) is 19.4 Å². The first kappa shape index (κ1) is 14.9. The molecule has 2 heterocycles. The fourth-order valence-corrected chi connectivity index (χ4v) is 2.39. The second-order valence-electron chi connectivity index (χ2n) is 5.15. The van der Waals surface area contributed by atoms with Gasteiger partial charge in [0, 0.05) is 11.9 Å². The number of H-pyrrole nitrogens is 1. The van der Waals surface area contributed by atoms with E-state index in [9.17, 15) is 9.59 Å². The summed E-state index contributed by atoms with van der Waals surface area (Å²) in [4.78, 5) is 27.9. The van der Waals surface area contributed by atoms with Gasteiger partial charge in [0.2, 0.25) is 5.91 Å². The molecule has 1 aromatic carbocycles. The zero-order valence-electron chi connectivity index (χ0n) is 12.6. The van der Waals surface area contributed by atoms with Gasteiger partial charge in [-0.15, -0.1) is 0 Å². The van der Waals surface area contributed by atoms with Gasteiger partial charge in [0.25, 0.3) is 5.56 Å². The molecule has 23 heavy (non-hydrogen) atoms. The number of carbonyl (C=O) groups is 1. The molecule has 0 unspecified atom stereocenters. The third-order valence-corrected chi connectivity index (χ3v) is 3.64. The van der Waals surface area contributed by atoms with E-state index >= 15 is 0 Å². The summed E-state index contributed by atoms with van der Waals surface area (Å²) in [6.07, 6.45) is 3.04. The average Bonchev–Trinajstić information content (AvgIpc) is 3.08. The van der Waals surface area contributed by atoms with Crippen molar-refractivity contribution in [3.63, 3.8) is 0 Å². The summed E-state index contributed by atoms with van der Waals surface area (Å²) in [5, 5.41) is 14.5. The molecule has 2 aromatic heterocycles. The molecule has 0 spiro atoms. The van der Waals surface area contributed by atoms with Gasteiger partial charge >= 0.3 is 0 Å². The first-order valence-electron chi connectivity index (χ1n) is 7.24. The Morgan fingerprint density at radius 3 is 2.87 bits per heavy atom. The molecule has 0 saturated carbocycles. The normalized spacial score (nSPS) is 12.2.